The number of alkyl halides is 4. The lowest BCUT2D eigenvalue weighted by Crippen LogP contribution is -2.20. The molecule has 0 spiro atoms. The van der Waals surface area contributed by atoms with Crippen molar-refractivity contribution in [3.8, 4) is 11.6 Å². The van der Waals surface area contributed by atoms with Crippen molar-refractivity contribution in [1.82, 2.24) is 4.98 Å². The standard InChI is InChI=1S/C9H7BrF3NO4/c1-17-7-6(18-9(11,12)13)4(2-10)5(3-14-7)8(15)16/h3H,2H2,1H3,(H,15,16). The van der Waals surface area contributed by atoms with Crippen molar-refractivity contribution in [2.45, 2.75) is 11.7 Å². The molecule has 18 heavy (non-hydrogen) atoms. The van der Waals surface area contributed by atoms with Gasteiger partial charge in [0.2, 0.25) is 0 Å². The van der Waals surface area contributed by atoms with Gasteiger partial charge in [0.1, 0.15) is 0 Å². The lowest BCUT2D eigenvalue weighted by molar-refractivity contribution is -0.275. The van der Waals surface area contributed by atoms with E-state index in [1.165, 1.54) is 0 Å². The maximum Gasteiger partial charge on any atom is 0.573 e. The van der Waals surface area contributed by atoms with Crippen LogP contribution in [0.15, 0.2) is 6.20 Å². The number of carboxylic acid groups (broad SMARTS) is 1. The molecular formula is C9H7BrF3NO4. The minimum atomic E-state index is -4.97. The molecule has 0 fully saturated rings. The third kappa shape index (κ3) is 3.25. The third-order valence-electron chi connectivity index (χ3n) is 1.88. The van der Waals surface area contributed by atoms with Crippen LogP contribution in [0.3, 0.4) is 0 Å². The van der Waals surface area contributed by atoms with Crippen molar-refractivity contribution in [1.29, 1.82) is 0 Å². The lowest BCUT2D eigenvalue weighted by Gasteiger charge is -2.15. The number of hydrogen-bond donors (Lipinski definition) is 1. The van der Waals surface area contributed by atoms with Crippen LogP contribution in [0.2, 0.25) is 0 Å². The first-order valence-corrected chi connectivity index (χ1v) is 5.53. The summed E-state index contributed by atoms with van der Waals surface area (Å²) in [5.41, 5.74) is -0.599. The van der Waals surface area contributed by atoms with E-state index in [4.69, 9.17) is 5.11 Å². The van der Waals surface area contributed by atoms with E-state index < -0.39 is 29.5 Å². The molecule has 1 heterocycles. The zero-order chi connectivity index (χ0) is 13.9. The molecule has 0 saturated heterocycles. The number of halogens is 4. The van der Waals surface area contributed by atoms with Crippen LogP contribution in [-0.2, 0) is 5.33 Å². The maximum atomic E-state index is 12.2. The minimum absolute atomic E-state index is 0.154. The number of carbonyl (C=O) groups is 1. The van der Waals surface area contributed by atoms with Gasteiger partial charge in [-0.25, -0.2) is 9.78 Å². The lowest BCUT2D eigenvalue weighted by atomic mass is 10.1. The van der Waals surface area contributed by atoms with Crippen LogP contribution >= 0.6 is 15.9 Å². The fourth-order valence-electron chi connectivity index (χ4n) is 1.19. The molecule has 0 atom stereocenters. The van der Waals surface area contributed by atoms with Crippen LogP contribution in [0, 0.1) is 0 Å². The van der Waals surface area contributed by atoms with Crippen LogP contribution < -0.4 is 9.47 Å². The van der Waals surface area contributed by atoms with Crippen molar-refractivity contribution in [2.75, 3.05) is 7.11 Å². The number of hydrogen-bond acceptors (Lipinski definition) is 4. The summed E-state index contributed by atoms with van der Waals surface area (Å²) in [6, 6.07) is 0. The molecule has 100 valence electrons. The van der Waals surface area contributed by atoms with Gasteiger partial charge in [0, 0.05) is 17.1 Å². The summed E-state index contributed by atoms with van der Waals surface area (Å²) in [4.78, 5) is 14.3. The Hall–Kier alpha value is -1.51. The zero-order valence-corrected chi connectivity index (χ0v) is 10.5. The van der Waals surface area contributed by atoms with Crippen LogP contribution in [-0.4, -0.2) is 29.5 Å². The average molecular weight is 330 g/mol. The highest BCUT2D eigenvalue weighted by molar-refractivity contribution is 9.08. The number of aromatic nitrogens is 1. The SMILES string of the molecule is COc1ncc(C(=O)O)c(CBr)c1OC(F)(F)F. The van der Waals surface area contributed by atoms with E-state index in [-0.39, 0.29) is 10.9 Å². The maximum absolute atomic E-state index is 12.2. The van der Waals surface area contributed by atoms with Crippen LogP contribution in [0.1, 0.15) is 15.9 Å². The highest BCUT2D eigenvalue weighted by atomic mass is 79.9. The molecule has 0 bridgehead atoms. The molecule has 1 rings (SSSR count). The normalized spacial score (nSPS) is 11.2. The first kappa shape index (κ1) is 14.6. The summed E-state index contributed by atoms with van der Waals surface area (Å²) in [6.07, 6.45) is -4.07. The summed E-state index contributed by atoms with van der Waals surface area (Å²) >= 11 is 2.90. The summed E-state index contributed by atoms with van der Waals surface area (Å²) in [5.74, 6) is -2.61. The summed E-state index contributed by atoms with van der Waals surface area (Å²) in [5, 5.41) is 8.69. The molecule has 0 aliphatic rings. The fourth-order valence-corrected chi connectivity index (χ4v) is 1.75. The van der Waals surface area contributed by atoms with Gasteiger partial charge in [-0.1, -0.05) is 15.9 Å². The molecule has 0 saturated carbocycles. The highest BCUT2D eigenvalue weighted by Gasteiger charge is 2.35. The molecule has 0 aliphatic carbocycles. The van der Waals surface area contributed by atoms with Crippen molar-refractivity contribution in [3.05, 3.63) is 17.3 Å². The van der Waals surface area contributed by atoms with Crippen molar-refractivity contribution in [2.24, 2.45) is 0 Å². The number of ether oxygens (including phenoxy) is 2. The first-order valence-electron chi connectivity index (χ1n) is 4.41. The minimum Gasteiger partial charge on any atom is -0.478 e. The fraction of sp³-hybridized carbons (Fsp3) is 0.333. The van der Waals surface area contributed by atoms with Gasteiger partial charge in [-0.2, -0.15) is 0 Å². The van der Waals surface area contributed by atoms with E-state index >= 15 is 0 Å². The topological polar surface area (TPSA) is 68.7 Å². The second-order valence-electron chi connectivity index (χ2n) is 2.98. The van der Waals surface area contributed by atoms with Gasteiger partial charge in [-0.15, -0.1) is 13.2 Å². The van der Waals surface area contributed by atoms with Crippen molar-refractivity contribution in [3.63, 3.8) is 0 Å². The number of nitrogens with zero attached hydrogens (tertiary/aromatic N) is 1. The summed E-state index contributed by atoms with van der Waals surface area (Å²) in [7, 11) is 1.10. The Morgan fingerprint density at radius 3 is 2.56 bits per heavy atom. The van der Waals surface area contributed by atoms with Gasteiger partial charge in [-0.05, 0) is 0 Å². The van der Waals surface area contributed by atoms with E-state index in [9.17, 15) is 18.0 Å². The Morgan fingerprint density at radius 2 is 2.17 bits per heavy atom. The molecule has 1 aromatic heterocycles. The molecule has 0 aromatic carbocycles. The smallest absolute Gasteiger partial charge is 0.478 e. The second-order valence-corrected chi connectivity index (χ2v) is 3.54. The molecule has 1 N–H and O–H groups in total. The zero-order valence-electron chi connectivity index (χ0n) is 8.92. The molecule has 0 amide bonds. The largest absolute Gasteiger partial charge is 0.573 e. The van der Waals surface area contributed by atoms with Gasteiger partial charge in [0.15, 0.2) is 5.75 Å². The Labute approximate surface area is 108 Å². The Bertz CT molecular complexity index is 464. The van der Waals surface area contributed by atoms with Gasteiger partial charge >= 0.3 is 12.3 Å². The molecule has 0 aliphatic heterocycles. The number of pyridine rings is 1. The molecule has 9 heteroatoms. The van der Waals surface area contributed by atoms with E-state index in [0.717, 1.165) is 13.3 Å². The predicted octanol–water partition coefficient (Wildman–Crippen LogP) is 2.58. The van der Waals surface area contributed by atoms with Crippen molar-refractivity contribution >= 4 is 21.9 Å². The number of carboxylic acids is 1. The molecule has 0 radical (unpaired) electrons. The van der Waals surface area contributed by atoms with Gasteiger partial charge in [-0.3, -0.25) is 0 Å². The van der Waals surface area contributed by atoms with E-state index in [0.29, 0.717) is 0 Å². The van der Waals surface area contributed by atoms with Crippen LogP contribution in [0.4, 0.5) is 13.2 Å². The highest BCUT2D eigenvalue weighted by Crippen LogP contribution is 2.36. The Balaban J connectivity index is 3.41. The Kier molecular flexibility index (Phi) is 4.38. The van der Waals surface area contributed by atoms with E-state index in [1.807, 2.05) is 0 Å². The number of methoxy groups -OCH3 is 1. The molecule has 0 unspecified atom stereocenters. The van der Waals surface area contributed by atoms with Crippen LogP contribution in [0.25, 0.3) is 0 Å². The van der Waals surface area contributed by atoms with Gasteiger partial charge in [0.25, 0.3) is 5.88 Å². The monoisotopic (exact) mass is 329 g/mol. The van der Waals surface area contributed by atoms with Crippen molar-refractivity contribution < 1.29 is 32.5 Å². The molecule has 5 nitrogen and oxygen atoms in total. The first-order chi connectivity index (χ1) is 8.30. The van der Waals surface area contributed by atoms with Gasteiger partial charge in [0.05, 0.1) is 12.7 Å². The quantitative estimate of drug-likeness (QED) is 0.860. The van der Waals surface area contributed by atoms with E-state index in [1.54, 1.807) is 0 Å². The Morgan fingerprint density at radius 1 is 1.56 bits per heavy atom. The average Bonchev–Trinajstić information content (AvgIpc) is 2.26. The molecular weight excluding hydrogens is 323 g/mol. The summed E-state index contributed by atoms with van der Waals surface area (Å²) < 4.78 is 45.1. The van der Waals surface area contributed by atoms with E-state index in [2.05, 4.69) is 30.4 Å². The van der Waals surface area contributed by atoms with Crippen LogP contribution in [0.5, 0.6) is 11.6 Å². The predicted molar refractivity (Wildman–Crippen MR) is 57.1 cm³/mol. The third-order valence-corrected chi connectivity index (χ3v) is 2.44. The number of rotatable bonds is 4. The number of aromatic carboxylic acids is 1. The molecule has 1 aromatic rings. The summed E-state index contributed by atoms with van der Waals surface area (Å²) in [6.45, 7) is 0. The second kappa shape index (κ2) is 5.42. The van der Waals surface area contributed by atoms with Gasteiger partial charge < -0.3 is 14.6 Å².